The Morgan fingerprint density at radius 1 is 1.47 bits per heavy atom. The predicted molar refractivity (Wildman–Crippen MR) is 68.3 cm³/mol. The normalized spacial score (nSPS) is 10.5. The summed E-state index contributed by atoms with van der Waals surface area (Å²) in [6.45, 7) is 1.33. The molecule has 0 saturated carbocycles. The van der Waals surface area contributed by atoms with Gasteiger partial charge in [-0.05, 0) is 18.2 Å². The number of rotatable bonds is 4. The van der Waals surface area contributed by atoms with Gasteiger partial charge in [0, 0.05) is 29.9 Å². The number of hydrogen-bond acceptors (Lipinski definition) is 3. The largest absolute Gasteiger partial charge is 0.496 e. The van der Waals surface area contributed by atoms with Crippen molar-refractivity contribution in [2.45, 2.75) is 6.54 Å². The van der Waals surface area contributed by atoms with E-state index in [-0.39, 0.29) is 0 Å². The van der Waals surface area contributed by atoms with Crippen LogP contribution in [0.2, 0.25) is 5.02 Å². The number of nitrogens with zero attached hydrogens (tertiary/aromatic N) is 2. The maximum Gasteiger partial charge on any atom is 0.128 e. The summed E-state index contributed by atoms with van der Waals surface area (Å²) in [6.07, 6.45) is 3.68. The minimum absolute atomic E-state index is 0.586. The van der Waals surface area contributed by atoms with E-state index in [2.05, 4.69) is 4.98 Å². The Labute approximate surface area is 105 Å². The van der Waals surface area contributed by atoms with Crippen molar-refractivity contribution in [1.29, 1.82) is 0 Å². The van der Waals surface area contributed by atoms with Crippen LogP contribution in [0.1, 0.15) is 0 Å². The zero-order valence-electron chi connectivity index (χ0n) is 9.56. The third kappa shape index (κ3) is 2.60. The minimum atomic E-state index is 0.586. The Hall–Kier alpha value is -1.52. The third-order valence-corrected chi connectivity index (χ3v) is 2.69. The van der Waals surface area contributed by atoms with E-state index in [4.69, 9.17) is 22.1 Å². The average Bonchev–Trinajstić information content (AvgIpc) is 2.78. The predicted octanol–water partition coefficient (Wildman–Crippen LogP) is 2.17. The van der Waals surface area contributed by atoms with Crippen LogP contribution >= 0.6 is 11.6 Å². The smallest absolute Gasteiger partial charge is 0.128 e. The Bertz CT molecular complexity index is 510. The molecule has 0 radical (unpaired) electrons. The summed E-state index contributed by atoms with van der Waals surface area (Å²) in [6, 6.07) is 5.47. The summed E-state index contributed by atoms with van der Waals surface area (Å²) in [7, 11) is 1.63. The van der Waals surface area contributed by atoms with Gasteiger partial charge in [0.15, 0.2) is 0 Å². The molecule has 0 spiro atoms. The van der Waals surface area contributed by atoms with E-state index in [1.807, 2.05) is 22.9 Å². The zero-order valence-corrected chi connectivity index (χ0v) is 10.3. The molecule has 0 unspecified atom stereocenters. The van der Waals surface area contributed by atoms with Crippen molar-refractivity contribution in [3.8, 4) is 17.0 Å². The topological polar surface area (TPSA) is 53.1 Å². The molecular weight excluding hydrogens is 238 g/mol. The van der Waals surface area contributed by atoms with E-state index in [1.54, 1.807) is 19.5 Å². The van der Waals surface area contributed by atoms with Gasteiger partial charge in [0.1, 0.15) is 5.75 Å². The van der Waals surface area contributed by atoms with Crippen molar-refractivity contribution in [3.63, 3.8) is 0 Å². The van der Waals surface area contributed by atoms with Gasteiger partial charge in [-0.3, -0.25) is 0 Å². The van der Waals surface area contributed by atoms with E-state index in [1.165, 1.54) is 0 Å². The maximum atomic E-state index is 5.98. The first-order valence-electron chi connectivity index (χ1n) is 5.30. The molecule has 90 valence electrons. The lowest BCUT2D eigenvalue weighted by molar-refractivity contribution is 0.416. The molecule has 0 aliphatic heterocycles. The molecule has 0 aliphatic rings. The molecule has 1 aromatic carbocycles. The molecule has 0 amide bonds. The molecule has 4 nitrogen and oxygen atoms in total. The molecular formula is C12H14ClN3O. The van der Waals surface area contributed by atoms with Crippen LogP contribution in [0.15, 0.2) is 30.7 Å². The lowest BCUT2D eigenvalue weighted by atomic mass is 10.1. The van der Waals surface area contributed by atoms with Crippen molar-refractivity contribution < 1.29 is 4.74 Å². The van der Waals surface area contributed by atoms with Crippen molar-refractivity contribution in [2.75, 3.05) is 13.7 Å². The average molecular weight is 252 g/mol. The molecule has 0 bridgehead atoms. The molecule has 2 N–H and O–H groups in total. The van der Waals surface area contributed by atoms with Crippen molar-refractivity contribution in [2.24, 2.45) is 5.73 Å². The second-order valence-electron chi connectivity index (χ2n) is 3.63. The van der Waals surface area contributed by atoms with Crippen LogP contribution in [0.5, 0.6) is 5.75 Å². The standard InChI is InChI=1S/C12H14ClN3O/c1-17-12-3-2-9(13)6-10(12)11-7-16(5-4-14)8-15-11/h2-3,6-8H,4-5,14H2,1H3. The fourth-order valence-corrected chi connectivity index (χ4v) is 1.82. The number of ether oxygens (including phenoxy) is 1. The van der Waals surface area contributed by atoms with Crippen LogP contribution in [-0.4, -0.2) is 23.2 Å². The second kappa shape index (κ2) is 5.21. The fourth-order valence-electron chi connectivity index (χ4n) is 1.65. The summed E-state index contributed by atoms with van der Waals surface area (Å²) in [5.74, 6) is 0.757. The van der Waals surface area contributed by atoms with Crippen LogP contribution < -0.4 is 10.5 Å². The Morgan fingerprint density at radius 2 is 2.29 bits per heavy atom. The van der Waals surface area contributed by atoms with Gasteiger partial charge in [-0.1, -0.05) is 11.6 Å². The maximum absolute atomic E-state index is 5.98. The number of imidazole rings is 1. The zero-order chi connectivity index (χ0) is 12.3. The van der Waals surface area contributed by atoms with Gasteiger partial charge in [-0.25, -0.2) is 4.98 Å². The van der Waals surface area contributed by atoms with E-state index < -0.39 is 0 Å². The molecule has 0 fully saturated rings. The molecule has 0 saturated heterocycles. The fraction of sp³-hybridized carbons (Fsp3) is 0.250. The molecule has 0 aliphatic carbocycles. The molecule has 2 rings (SSSR count). The first-order chi connectivity index (χ1) is 8.24. The summed E-state index contributed by atoms with van der Waals surface area (Å²) in [5.41, 5.74) is 7.21. The number of hydrogen-bond donors (Lipinski definition) is 1. The Kier molecular flexibility index (Phi) is 3.66. The first kappa shape index (κ1) is 12.0. The number of halogens is 1. The Morgan fingerprint density at radius 3 is 3.00 bits per heavy atom. The van der Waals surface area contributed by atoms with Crippen LogP contribution in [0, 0.1) is 0 Å². The molecule has 5 heteroatoms. The summed E-state index contributed by atoms with van der Waals surface area (Å²) >= 11 is 5.98. The van der Waals surface area contributed by atoms with Crippen LogP contribution in [0.3, 0.4) is 0 Å². The second-order valence-corrected chi connectivity index (χ2v) is 4.07. The van der Waals surface area contributed by atoms with Crippen LogP contribution in [0.4, 0.5) is 0 Å². The van der Waals surface area contributed by atoms with Gasteiger partial charge < -0.3 is 15.0 Å². The molecule has 0 atom stereocenters. The highest BCUT2D eigenvalue weighted by Crippen LogP contribution is 2.31. The van der Waals surface area contributed by atoms with Gasteiger partial charge in [-0.2, -0.15) is 0 Å². The van der Waals surface area contributed by atoms with Gasteiger partial charge in [-0.15, -0.1) is 0 Å². The number of nitrogens with two attached hydrogens (primary N) is 1. The summed E-state index contributed by atoms with van der Waals surface area (Å²) in [5, 5.41) is 0.661. The van der Waals surface area contributed by atoms with Gasteiger partial charge >= 0.3 is 0 Å². The van der Waals surface area contributed by atoms with Crippen LogP contribution in [-0.2, 0) is 6.54 Å². The highest BCUT2D eigenvalue weighted by Gasteiger charge is 2.09. The lowest BCUT2D eigenvalue weighted by Gasteiger charge is -2.06. The van der Waals surface area contributed by atoms with E-state index in [0.717, 1.165) is 23.6 Å². The monoisotopic (exact) mass is 251 g/mol. The number of methoxy groups -OCH3 is 1. The molecule has 17 heavy (non-hydrogen) atoms. The summed E-state index contributed by atoms with van der Waals surface area (Å²) in [4.78, 5) is 4.32. The first-order valence-corrected chi connectivity index (χ1v) is 5.68. The van der Waals surface area contributed by atoms with Gasteiger partial charge in [0.2, 0.25) is 0 Å². The van der Waals surface area contributed by atoms with E-state index in [9.17, 15) is 0 Å². The molecule has 1 aromatic heterocycles. The molecule has 2 aromatic rings. The number of benzene rings is 1. The van der Waals surface area contributed by atoms with E-state index in [0.29, 0.717) is 11.6 Å². The Balaban J connectivity index is 2.40. The highest BCUT2D eigenvalue weighted by atomic mass is 35.5. The molecule has 1 heterocycles. The highest BCUT2D eigenvalue weighted by molar-refractivity contribution is 6.30. The van der Waals surface area contributed by atoms with Crippen molar-refractivity contribution in [1.82, 2.24) is 9.55 Å². The van der Waals surface area contributed by atoms with Crippen molar-refractivity contribution in [3.05, 3.63) is 35.7 Å². The SMILES string of the molecule is COc1ccc(Cl)cc1-c1cn(CCN)cn1. The van der Waals surface area contributed by atoms with Gasteiger partial charge in [0.25, 0.3) is 0 Å². The number of aromatic nitrogens is 2. The minimum Gasteiger partial charge on any atom is -0.496 e. The quantitative estimate of drug-likeness (QED) is 0.906. The van der Waals surface area contributed by atoms with Gasteiger partial charge in [0.05, 0.1) is 19.1 Å². The lowest BCUT2D eigenvalue weighted by Crippen LogP contribution is -2.07. The van der Waals surface area contributed by atoms with E-state index >= 15 is 0 Å². The van der Waals surface area contributed by atoms with Crippen molar-refractivity contribution >= 4 is 11.6 Å². The van der Waals surface area contributed by atoms with Crippen LogP contribution in [0.25, 0.3) is 11.3 Å². The third-order valence-electron chi connectivity index (χ3n) is 2.46. The summed E-state index contributed by atoms with van der Waals surface area (Å²) < 4.78 is 7.23.